The predicted octanol–water partition coefficient (Wildman–Crippen LogP) is 3.36. The summed E-state index contributed by atoms with van der Waals surface area (Å²) in [6, 6.07) is 8.05. The van der Waals surface area contributed by atoms with Crippen molar-refractivity contribution in [1.82, 2.24) is 0 Å². The van der Waals surface area contributed by atoms with Crippen LogP contribution in [0.5, 0.6) is 0 Å². The molecule has 2 nitrogen and oxygen atoms in total. The Hall–Kier alpha value is -2.30. The Morgan fingerprint density at radius 1 is 0.944 bits per heavy atom. The van der Waals surface area contributed by atoms with Gasteiger partial charge in [0.15, 0.2) is 0 Å². The molecule has 18 heavy (non-hydrogen) atoms. The van der Waals surface area contributed by atoms with E-state index in [2.05, 4.69) is 5.32 Å². The predicted molar refractivity (Wildman–Crippen MR) is 60.7 cm³/mol. The van der Waals surface area contributed by atoms with Gasteiger partial charge in [0.2, 0.25) is 0 Å². The molecule has 0 aliphatic heterocycles. The number of para-hydroxylation sites is 1. The van der Waals surface area contributed by atoms with Crippen molar-refractivity contribution in [1.29, 1.82) is 0 Å². The van der Waals surface area contributed by atoms with Gasteiger partial charge in [-0.3, -0.25) is 4.79 Å². The number of amides is 1. The fraction of sp³-hybridized carbons (Fsp3) is 0. The van der Waals surface area contributed by atoms with E-state index < -0.39 is 23.4 Å². The van der Waals surface area contributed by atoms with Crippen LogP contribution >= 0.6 is 0 Å². The molecule has 1 amide bonds. The largest absolute Gasteiger partial charge is 0.319 e. The van der Waals surface area contributed by atoms with E-state index in [9.17, 15) is 18.0 Å². The molecule has 0 bridgehead atoms. The van der Waals surface area contributed by atoms with Crippen LogP contribution in [-0.2, 0) is 0 Å². The second kappa shape index (κ2) is 4.91. The van der Waals surface area contributed by atoms with Crippen LogP contribution in [0.1, 0.15) is 10.4 Å². The van der Waals surface area contributed by atoms with Gasteiger partial charge in [0.05, 0.1) is 11.3 Å². The molecule has 0 saturated carbocycles. The summed E-state index contributed by atoms with van der Waals surface area (Å²) in [6.07, 6.45) is 0. The first-order valence-electron chi connectivity index (χ1n) is 5.09. The Labute approximate surface area is 101 Å². The Morgan fingerprint density at radius 2 is 1.67 bits per heavy atom. The number of carbonyl (C=O) groups is 1. The molecule has 0 saturated heterocycles. The van der Waals surface area contributed by atoms with Crippen molar-refractivity contribution in [3.8, 4) is 0 Å². The van der Waals surface area contributed by atoms with Crippen LogP contribution in [0.25, 0.3) is 0 Å². The number of halogens is 3. The molecule has 0 spiro atoms. The van der Waals surface area contributed by atoms with E-state index in [4.69, 9.17) is 0 Å². The second-order valence-corrected chi connectivity index (χ2v) is 3.56. The molecular weight excluding hydrogens is 243 g/mol. The zero-order valence-corrected chi connectivity index (χ0v) is 9.08. The molecule has 0 radical (unpaired) electrons. The lowest BCUT2D eigenvalue weighted by atomic mass is 10.2. The van der Waals surface area contributed by atoms with E-state index in [0.717, 1.165) is 18.2 Å². The lowest BCUT2D eigenvalue weighted by molar-refractivity contribution is 0.102. The third-order valence-electron chi connectivity index (χ3n) is 2.30. The summed E-state index contributed by atoms with van der Waals surface area (Å²) in [5.41, 5.74) is -0.411. The first kappa shape index (κ1) is 12.2. The molecule has 0 aromatic heterocycles. The van der Waals surface area contributed by atoms with E-state index >= 15 is 0 Å². The van der Waals surface area contributed by atoms with Crippen molar-refractivity contribution >= 4 is 11.6 Å². The van der Waals surface area contributed by atoms with E-state index in [0.29, 0.717) is 6.07 Å². The topological polar surface area (TPSA) is 29.1 Å². The molecule has 0 aliphatic carbocycles. The molecule has 92 valence electrons. The molecule has 2 aromatic carbocycles. The number of hydrogen-bond donors (Lipinski definition) is 1. The van der Waals surface area contributed by atoms with Crippen LogP contribution in [0.3, 0.4) is 0 Å². The van der Waals surface area contributed by atoms with Crippen molar-refractivity contribution in [2.75, 3.05) is 5.32 Å². The Bertz CT molecular complexity index is 599. The highest BCUT2D eigenvalue weighted by Crippen LogP contribution is 2.16. The quantitative estimate of drug-likeness (QED) is 0.871. The van der Waals surface area contributed by atoms with Crippen LogP contribution in [0, 0.1) is 17.5 Å². The number of anilines is 1. The maximum Gasteiger partial charge on any atom is 0.258 e. The third kappa shape index (κ3) is 2.51. The second-order valence-electron chi connectivity index (χ2n) is 3.56. The van der Waals surface area contributed by atoms with Crippen LogP contribution in [-0.4, -0.2) is 5.91 Å². The van der Waals surface area contributed by atoms with Crippen molar-refractivity contribution < 1.29 is 18.0 Å². The summed E-state index contributed by atoms with van der Waals surface area (Å²) in [5, 5.41) is 2.21. The van der Waals surface area contributed by atoms with E-state index in [1.807, 2.05) is 0 Å². The summed E-state index contributed by atoms with van der Waals surface area (Å²) in [6.45, 7) is 0. The van der Waals surface area contributed by atoms with Crippen LogP contribution in [0.4, 0.5) is 18.9 Å². The number of benzene rings is 2. The van der Waals surface area contributed by atoms with Gasteiger partial charge < -0.3 is 5.32 Å². The maximum atomic E-state index is 13.3. The van der Waals surface area contributed by atoms with Crippen LogP contribution in [0.15, 0.2) is 42.5 Å². The standard InChI is InChI=1S/C13H8F3NO/c14-8-5-6-9(11(16)7-8)13(18)17-12-4-2-1-3-10(12)15/h1-7H,(H,17,18). The Balaban J connectivity index is 2.25. The van der Waals surface area contributed by atoms with Gasteiger partial charge in [-0.05, 0) is 24.3 Å². The van der Waals surface area contributed by atoms with E-state index in [1.54, 1.807) is 0 Å². The summed E-state index contributed by atoms with van der Waals surface area (Å²) in [7, 11) is 0. The lowest BCUT2D eigenvalue weighted by Gasteiger charge is -2.06. The highest BCUT2D eigenvalue weighted by atomic mass is 19.1. The zero-order chi connectivity index (χ0) is 13.1. The summed E-state index contributed by atoms with van der Waals surface area (Å²) in [5.74, 6) is -3.25. The van der Waals surface area contributed by atoms with E-state index in [-0.39, 0.29) is 11.3 Å². The summed E-state index contributed by atoms with van der Waals surface area (Å²) < 4.78 is 39.2. The average molecular weight is 251 g/mol. The van der Waals surface area contributed by atoms with Gasteiger partial charge in [-0.15, -0.1) is 0 Å². The van der Waals surface area contributed by atoms with Gasteiger partial charge in [-0.1, -0.05) is 12.1 Å². The smallest absolute Gasteiger partial charge is 0.258 e. The van der Waals surface area contributed by atoms with Gasteiger partial charge in [-0.25, -0.2) is 13.2 Å². The highest BCUT2D eigenvalue weighted by molar-refractivity contribution is 6.04. The van der Waals surface area contributed by atoms with Gasteiger partial charge in [0.25, 0.3) is 5.91 Å². The van der Waals surface area contributed by atoms with Gasteiger partial charge in [0.1, 0.15) is 17.5 Å². The van der Waals surface area contributed by atoms with Crippen molar-refractivity contribution in [3.63, 3.8) is 0 Å². The van der Waals surface area contributed by atoms with Gasteiger partial charge in [-0.2, -0.15) is 0 Å². The van der Waals surface area contributed by atoms with E-state index in [1.165, 1.54) is 18.2 Å². The molecule has 0 fully saturated rings. The first-order chi connectivity index (χ1) is 8.58. The van der Waals surface area contributed by atoms with Crippen LogP contribution in [0.2, 0.25) is 0 Å². The minimum atomic E-state index is -0.996. The lowest BCUT2D eigenvalue weighted by Crippen LogP contribution is -2.14. The van der Waals surface area contributed by atoms with Crippen LogP contribution < -0.4 is 5.32 Å². The number of rotatable bonds is 2. The number of hydrogen-bond acceptors (Lipinski definition) is 1. The third-order valence-corrected chi connectivity index (χ3v) is 2.30. The molecule has 5 heteroatoms. The van der Waals surface area contributed by atoms with Crippen molar-refractivity contribution in [3.05, 3.63) is 65.5 Å². The minimum absolute atomic E-state index is 0.0637. The summed E-state index contributed by atoms with van der Waals surface area (Å²) in [4.78, 5) is 11.7. The minimum Gasteiger partial charge on any atom is -0.319 e. The summed E-state index contributed by atoms with van der Waals surface area (Å²) >= 11 is 0. The molecular formula is C13H8F3NO. The van der Waals surface area contributed by atoms with Crippen molar-refractivity contribution in [2.24, 2.45) is 0 Å². The average Bonchev–Trinajstić information content (AvgIpc) is 2.32. The highest BCUT2D eigenvalue weighted by Gasteiger charge is 2.13. The molecule has 1 N–H and O–H groups in total. The number of carbonyl (C=O) groups excluding carboxylic acids is 1. The number of nitrogens with one attached hydrogen (secondary N) is 1. The maximum absolute atomic E-state index is 13.3. The Morgan fingerprint density at radius 3 is 2.33 bits per heavy atom. The Kier molecular flexibility index (Phi) is 3.32. The zero-order valence-electron chi connectivity index (χ0n) is 9.08. The SMILES string of the molecule is O=C(Nc1ccccc1F)c1ccc(F)cc1F. The fourth-order valence-corrected chi connectivity index (χ4v) is 1.43. The molecule has 2 aromatic rings. The molecule has 2 rings (SSSR count). The molecule has 0 atom stereocenters. The normalized spacial score (nSPS) is 10.2. The van der Waals surface area contributed by atoms with Gasteiger partial charge in [0, 0.05) is 6.07 Å². The fourth-order valence-electron chi connectivity index (χ4n) is 1.43. The first-order valence-corrected chi connectivity index (χ1v) is 5.09. The monoisotopic (exact) mass is 251 g/mol. The molecule has 0 unspecified atom stereocenters. The molecule has 0 aliphatic rings. The van der Waals surface area contributed by atoms with Gasteiger partial charge >= 0.3 is 0 Å². The molecule has 0 heterocycles. The van der Waals surface area contributed by atoms with Crippen molar-refractivity contribution in [2.45, 2.75) is 0 Å².